The van der Waals surface area contributed by atoms with Crippen molar-refractivity contribution in [2.24, 2.45) is 0 Å². The maximum Gasteiger partial charge on any atom is 0.169 e. The monoisotopic (exact) mass is 329 g/mol. The predicted molar refractivity (Wildman–Crippen MR) is 93.4 cm³/mol. The summed E-state index contributed by atoms with van der Waals surface area (Å²) >= 11 is 0. The molecule has 24 heavy (non-hydrogen) atoms. The fraction of sp³-hybridized carbons (Fsp3) is 0.400. The smallest absolute Gasteiger partial charge is 0.169 e. The molecule has 0 amide bonds. The fourth-order valence-corrected chi connectivity index (χ4v) is 3.06. The number of benzene rings is 2. The van der Waals surface area contributed by atoms with Crippen molar-refractivity contribution in [3.63, 3.8) is 0 Å². The predicted octanol–water partition coefficient (Wildman–Crippen LogP) is 4.79. The summed E-state index contributed by atoms with van der Waals surface area (Å²) in [6, 6.07) is 12.7. The van der Waals surface area contributed by atoms with Gasteiger partial charge in [0.25, 0.3) is 0 Å². The number of hydrogen-bond acceptors (Lipinski definition) is 3. The molecule has 128 valence electrons. The Morgan fingerprint density at radius 2 is 1.92 bits per heavy atom. The van der Waals surface area contributed by atoms with Crippen LogP contribution in [-0.2, 0) is 0 Å². The van der Waals surface area contributed by atoms with Gasteiger partial charge in [0.1, 0.15) is 11.6 Å². The second kappa shape index (κ2) is 7.67. The Morgan fingerprint density at radius 1 is 1.12 bits per heavy atom. The van der Waals surface area contributed by atoms with Gasteiger partial charge in [0, 0.05) is 12.1 Å². The van der Waals surface area contributed by atoms with Crippen molar-refractivity contribution in [2.75, 3.05) is 20.2 Å². The van der Waals surface area contributed by atoms with E-state index in [1.807, 2.05) is 31.2 Å². The van der Waals surface area contributed by atoms with E-state index >= 15 is 0 Å². The van der Waals surface area contributed by atoms with Crippen LogP contribution in [0, 0.1) is 12.7 Å². The maximum atomic E-state index is 13.6. The lowest BCUT2D eigenvalue weighted by Crippen LogP contribution is -2.26. The van der Waals surface area contributed by atoms with Crippen LogP contribution in [0.25, 0.3) is 0 Å². The molecule has 3 rings (SSSR count). The minimum absolute atomic E-state index is 0.320. The van der Waals surface area contributed by atoms with Crippen molar-refractivity contribution in [1.29, 1.82) is 0 Å². The van der Waals surface area contributed by atoms with Gasteiger partial charge in [0.15, 0.2) is 11.5 Å². The number of likely N-dealkylation sites (tertiary alicyclic amines) is 1. The molecule has 0 unspecified atom stereocenters. The first-order valence-electron chi connectivity index (χ1n) is 8.49. The maximum absolute atomic E-state index is 13.6. The molecular formula is C20H24FNO2. The van der Waals surface area contributed by atoms with Crippen molar-refractivity contribution in [1.82, 2.24) is 4.90 Å². The highest BCUT2D eigenvalue weighted by molar-refractivity contribution is 5.43. The van der Waals surface area contributed by atoms with E-state index in [1.165, 1.54) is 30.5 Å². The Kier molecular flexibility index (Phi) is 5.36. The van der Waals surface area contributed by atoms with Crippen LogP contribution < -0.4 is 9.47 Å². The third-order valence-corrected chi connectivity index (χ3v) is 4.53. The summed E-state index contributed by atoms with van der Waals surface area (Å²) in [7, 11) is 2.14. The molecule has 1 aliphatic heterocycles. The van der Waals surface area contributed by atoms with Crippen LogP contribution in [0.15, 0.2) is 42.5 Å². The van der Waals surface area contributed by atoms with Gasteiger partial charge in [0.05, 0.1) is 6.61 Å². The van der Waals surface area contributed by atoms with E-state index < -0.39 is 0 Å². The van der Waals surface area contributed by atoms with E-state index in [0.29, 0.717) is 29.9 Å². The molecule has 4 heteroatoms. The van der Waals surface area contributed by atoms with Crippen molar-refractivity contribution in [2.45, 2.75) is 32.2 Å². The molecular weight excluding hydrogens is 305 g/mol. The van der Waals surface area contributed by atoms with Crippen molar-refractivity contribution < 1.29 is 13.9 Å². The van der Waals surface area contributed by atoms with E-state index in [-0.39, 0.29) is 5.82 Å². The summed E-state index contributed by atoms with van der Waals surface area (Å²) in [6.45, 7) is 3.73. The Labute approximate surface area is 143 Å². The van der Waals surface area contributed by atoms with Gasteiger partial charge in [-0.1, -0.05) is 17.7 Å². The first-order valence-corrected chi connectivity index (χ1v) is 8.49. The van der Waals surface area contributed by atoms with E-state index in [0.717, 1.165) is 13.0 Å². The van der Waals surface area contributed by atoms with Gasteiger partial charge >= 0.3 is 0 Å². The molecule has 1 heterocycles. The van der Waals surface area contributed by atoms with E-state index in [1.54, 1.807) is 6.07 Å². The zero-order chi connectivity index (χ0) is 16.9. The Balaban J connectivity index is 1.65. The van der Waals surface area contributed by atoms with Crippen molar-refractivity contribution in [3.05, 3.63) is 53.8 Å². The van der Waals surface area contributed by atoms with E-state index in [2.05, 4.69) is 11.9 Å². The fourth-order valence-electron chi connectivity index (χ4n) is 3.06. The van der Waals surface area contributed by atoms with E-state index in [4.69, 9.17) is 9.47 Å². The summed E-state index contributed by atoms with van der Waals surface area (Å²) < 4.78 is 25.3. The summed E-state index contributed by atoms with van der Waals surface area (Å²) in [5.41, 5.74) is 1.17. The lowest BCUT2D eigenvalue weighted by atomic mass is 10.1. The van der Waals surface area contributed by atoms with Crippen LogP contribution in [0.4, 0.5) is 4.39 Å². The second-order valence-electron chi connectivity index (χ2n) is 6.42. The van der Waals surface area contributed by atoms with Gasteiger partial charge in [-0.2, -0.15) is 0 Å². The van der Waals surface area contributed by atoms with Gasteiger partial charge < -0.3 is 14.4 Å². The van der Waals surface area contributed by atoms with Crippen molar-refractivity contribution in [3.8, 4) is 17.2 Å². The highest BCUT2D eigenvalue weighted by Gasteiger charge is 2.20. The molecule has 1 fully saturated rings. The third-order valence-electron chi connectivity index (χ3n) is 4.53. The quantitative estimate of drug-likeness (QED) is 0.760. The molecule has 0 spiro atoms. The topological polar surface area (TPSA) is 21.7 Å². The molecule has 2 aromatic rings. The lowest BCUT2D eigenvalue weighted by molar-refractivity contribution is 0.228. The Hall–Kier alpha value is -2.07. The largest absolute Gasteiger partial charge is 0.490 e. The molecule has 0 bridgehead atoms. The Bertz CT molecular complexity index is 672. The minimum Gasteiger partial charge on any atom is -0.490 e. The molecule has 0 saturated carbocycles. The number of rotatable bonds is 6. The van der Waals surface area contributed by atoms with Gasteiger partial charge in [-0.25, -0.2) is 4.39 Å². The first kappa shape index (κ1) is 16.8. The summed E-state index contributed by atoms with van der Waals surface area (Å²) in [5.74, 6) is 1.39. The molecule has 3 nitrogen and oxygen atoms in total. The van der Waals surface area contributed by atoms with Crippen LogP contribution in [0.1, 0.15) is 24.8 Å². The van der Waals surface area contributed by atoms with Crippen molar-refractivity contribution >= 4 is 0 Å². The van der Waals surface area contributed by atoms with Crippen LogP contribution in [0.2, 0.25) is 0 Å². The van der Waals surface area contributed by atoms with Crippen LogP contribution in [0.3, 0.4) is 0 Å². The highest BCUT2D eigenvalue weighted by atomic mass is 19.1. The number of ether oxygens (including phenoxy) is 2. The molecule has 0 N–H and O–H groups in total. The molecule has 1 aliphatic rings. The number of hydrogen-bond donors (Lipinski definition) is 0. The van der Waals surface area contributed by atoms with Crippen LogP contribution >= 0.6 is 0 Å². The number of nitrogens with zero attached hydrogens (tertiary/aromatic N) is 1. The molecule has 1 saturated heterocycles. The minimum atomic E-state index is -0.320. The third kappa shape index (κ3) is 4.26. The highest BCUT2D eigenvalue weighted by Crippen LogP contribution is 2.32. The number of aryl methyl sites for hydroxylation is 1. The van der Waals surface area contributed by atoms with Crippen LogP contribution in [-0.4, -0.2) is 31.1 Å². The molecule has 1 atom stereocenters. The SMILES string of the molecule is Cc1ccc(Oc2ccc(F)cc2OCC[C@@H]2CCCN2C)cc1. The van der Waals surface area contributed by atoms with Crippen LogP contribution in [0.5, 0.6) is 17.2 Å². The summed E-state index contributed by atoms with van der Waals surface area (Å²) in [6.07, 6.45) is 3.38. The van der Waals surface area contributed by atoms with Gasteiger partial charge in [-0.05, 0) is 64.0 Å². The second-order valence-corrected chi connectivity index (χ2v) is 6.42. The normalized spacial score (nSPS) is 17.9. The van der Waals surface area contributed by atoms with E-state index in [9.17, 15) is 4.39 Å². The Morgan fingerprint density at radius 3 is 2.62 bits per heavy atom. The summed E-state index contributed by atoms with van der Waals surface area (Å²) in [5, 5.41) is 0. The number of halogens is 1. The molecule has 0 aliphatic carbocycles. The average Bonchev–Trinajstić information content (AvgIpc) is 2.97. The molecule has 0 aromatic heterocycles. The van der Waals surface area contributed by atoms with Gasteiger partial charge in [-0.3, -0.25) is 0 Å². The van der Waals surface area contributed by atoms with Gasteiger partial charge in [-0.15, -0.1) is 0 Å². The molecule has 2 aromatic carbocycles. The molecule has 0 radical (unpaired) electrons. The van der Waals surface area contributed by atoms with Gasteiger partial charge in [0.2, 0.25) is 0 Å². The first-order chi connectivity index (χ1) is 11.6. The zero-order valence-corrected chi connectivity index (χ0v) is 14.3. The average molecular weight is 329 g/mol. The lowest BCUT2D eigenvalue weighted by Gasteiger charge is -2.20. The zero-order valence-electron chi connectivity index (χ0n) is 14.3. The summed E-state index contributed by atoms with van der Waals surface area (Å²) in [4.78, 5) is 2.36. The standard InChI is InChI=1S/C20H24FNO2/c1-15-5-8-18(9-6-15)24-19-10-7-16(21)14-20(19)23-13-11-17-4-3-12-22(17)2/h5-10,14,17H,3-4,11-13H2,1-2H3/t17-/m0/s1.